The largest absolute Gasteiger partial charge is 3.00 e. The van der Waals surface area contributed by atoms with Crippen LogP contribution in [-0.4, -0.2) is 96.4 Å². The van der Waals surface area contributed by atoms with Crippen LogP contribution in [0.25, 0.3) is 0 Å². The number of aliphatic hydroxyl groups is 2. The van der Waals surface area contributed by atoms with Gasteiger partial charge in [0, 0.05) is 39.3 Å². The maximum absolute atomic E-state index is 10.0. The monoisotopic (exact) mass is 424 g/mol. The topological polar surface area (TPSA) is 244 Å². The number of aliphatic hydroxyl groups excluding tert-OH is 2. The SMILES string of the molecule is O=C([O-])CN(CCO)CC(=O)[O-].O=C([O-])CN(CCO)CC(=O)[O-].[Fe+3].[NH4+]. The number of rotatable bonds is 12. The molecule has 0 unspecified atom stereocenters. The van der Waals surface area contributed by atoms with Crippen LogP contribution in [0.2, 0.25) is 0 Å². The van der Waals surface area contributed by atoms with E-state index in [1.807, 2.05) is 0 Å². The molecule has 0 saturated carbocycles. The molecule has 0 aliphatic heterocycles. The van der Waals surface area contributed by atoms with Crippen molar-refractivity contribution in [1.29, 1.82) is 0 Å². The Morgan fingerprint density at radius 1 is 0.615 bits per heavy atom. The van der Waals surface area contributed by atoms with Crippen LogP contribution in [0.15, 0.2) is 0 Å². The number of quaternary nitrogens is 1. The predicted octanol–water partition coefficient (Wildman–Crippen LogP) is -8.07. The smallest absolute Gasteiger partial charge is 0.549 e. The Kier molecular flexibility index (Phi) is 24.0. The molecule has 0 aliphatic rings. The summed E-state index contributed by atoms with van der Waals surface area (Å²) in [6, 6.07) is 0. The van der Waals surface area contributed by atoms with E-state index in [-0.39, 0.29) is 49.5 Å². The van der Waals surface area contributed by atoms with E-state index in [0.29, 0.717) is 0 Å². The van der Waals surface area contributed by atoms with Crippen molar-refractivity contribution in [3.63, 3.8) is 0 Å². The molecule has 1 radical (unpaired) electrons. The van der Waals surface area contributed by atoms with Crippen molar-refractivity contribution in [2.24, 2.45) is 0 Å². The number of hydrogen-bond acceptors (Lipinski definition) is 12. The summed E-state index contributed by atoms with van der Waals surface area (Å²) in [5, 5.41) is 56.9. The molecule has 0 rings (SSSR count). The molecule has 0 fully saturated rings. The zero-order chi connectivity index (χ0) is 19.1. The minimum atomic E-state index is -1.38. The Hall–Kier alpha value is -1.80. The van der Waals surface area contributed by atoms with Crippen LogP contribution in [-0.2, 0) is 36.2 Å². The molecule has 13 nitrogen and oxygen atoms in total. The number of carboxylic acids is 4. The van der Waals surface area contributed by atoms with Crippen molar-refractivity contribution in [3.05, 3.63) is 0 Å². The normalized spacial score (nSPS) is 9.38. The van der Waals surface area contributed by atoms with Crippen LogP contribution in [0.5, 0.6) is 0 Å². The Balaban J connectivity index is -0.000000173. The summed E-state index contributed by atoms with van der Waals surface area (Å²) < 4.78 is 0. The second-order valence-corrected chi connectivity index (χ2v) is 4.36. The number of hydrogen-bond donors (Lipinski definition) is 3. The van der Waals surface area contributed by atoms with Crippen LogP contribution in [0.1, 0.15) is 0 Å². The van der Waals surface area contributed by atoms with Crippen molar-refractivity contribution in [2.75, 3.05) is 52.5 Å². The Morgan fingerprint density at radius 3 is 0.923 bits per heavy atom. The number of carbonyl (C=O) groups is 4. The van der Waals surface area contributed by atoms with Gasteiger partial charge in [0.2, 0.25) is 0 Å². The van der Waals surface area contributed by atoms with Gasteiger partial charge in [-0.1, -0.05) is 0 Å². The standard InChI is InChI=1S/2C6H11NO5.Fe.H3N/c2*8-2-1-7(3-5(9)10)4-6(11)12;;/h2*8H,1-4H2,(H,9,10)(H,11,12);;1H3/q;;+3;/p-3. The molecule has 0 aromatic carbocycles. The second-order valence-electron chi connectivity index (χ2n) is 4.36. The molecule has 26 heavy (non-hydrogen) atoms. The zero-order valence-corrected chi connectivity index (χ0v) is 15.2. The van der Waals surface area contributed by atoms with Crippen LogP contribution in [0, 0.1) is 0 Å². The quantitative estimate of drug-likeness (QED) is 0.247. The van der Waals surface area contributed by atoms with Gasteiger partial charge >= 0.3 is 17.1 Å². The molecule has 0 heterocycles. The van der Waals surface area contributed by atoms with Gasteiger partial charge in [-0.3, -0.25) is 9.80 Å². The minimum Gasteiger partial charge on any atom is -0.549 e. The molecule has 0 spiro atoms. The summed E-state index contributed by atoms with van der Waals surface area (Å²) in [6.07, 6.45) is 0. The van der Waals surface area contributed by atoms with E-state index in [1.165, 1.54) is 0 Å². The van der Waals surface area contributed by atoms with E-state index in [0.717, 1.165) is 9.80 Å². The molecular formula is C12H22FeN3O10. The zero-order valence-electron chi connectivity index (χ0n) is 14.1. The van der Waals surface area contributed by atoms with Gasteiger partial charge in [0.25, 0.3) is 0 Å². The van der Waals surface area contributed by atoms with Gasteiger partial charge < -0.3 is 56.0 Å². The number of carboxylic acid groups (broad SMARTS) is 4. The third kappa shape index (κ3) is 24.5. The van der Waals surface area contributed by atoms with Crippen molar-refractivity contribution >= 4 is 23.9 Å². The van der Waals surface area contributed by atoms with E-state index >= 15 is 0 Å². The van der Waals surface area contributed by atoms with Gasteiger partial charge in [0.1, 0.15) is 0 Å². The fourth-order valence-electron chi connectivity index (χ4n) is 1.44. The summed E-state index contributed by atoms with van der Waals surface area (Å²) in [7, 11) is 0. The first kappa shape index (κ1) is 31.9. The van der Waals surface area contributed by atoms with Gasteiger partial charge in [-0.2, -0.15) is 0 Å². The Morgan fingerprint density at radius 2 is 0.808 bits per heavy atom. The molecule has 0 atom stereocenters. The molecule has 0 aromatic rings. The summed E-state index contributed by atoms with van der Waals surface area (Å²) in [4.78, 5) is 42.1. The minimum absolute atomic E-state index is 0. The molecule has 0 bridgehead atoms. The van der Waals surface area contributed by atoms with Crippen LogP contribution < -0.4 is 26.6 Å². The number of carbonyl (C=O) groups excluding carboxylic acids is 4. The molecular weight excluding hydrogens is 402 g/mol. The molecule has 6 N–H and O–H groups in total. The van der Waals surface area contributed by atoms with Crippen molar-refractivity contribution in [3.8, 4) is 0 Å². The summed E-state index contributed by atoms with van der Waals surface area (Å²) >= 11 is 0. The molecule has 0 aliphatic carbocycles. The Labute approximate surface area is 159 Å². The number of aliphatic carboxylic acids is 4. The van der Waals surface area contributed by atoms with Gasteiger partial charge in [0.05, 0.1) is 37.1 Å². The number of nitrogens with zero attached hydrogens (tertiary/aromatic N) is 2. The van der Waals surface area contributed by atoms with Gasteiger partial charge in [0.15, 0.2) is 0 Å². The third-order valence-electron chi connectivity index (χ3n) is 2.24. The van der Waals surface area contributed by atoms with Crippen molar-refractivity contribution in [1.82, 2.24) is 16.0 Å². The first-order valence-electron chi connectivity index (χ1n) is 6.58. The average Bonchev–Trinajstić information content (AvgIpc) is 2.36. The van der Waals surface area contributed by atoms with Gasteiger partial charge in [-0.05, 0) is 0 Å². The van der Waals surface area contributed by atoms with Gasteiger partial charge in [-0.25, -0.2) is 0 Å². The molecule has 0 saturated heterocycles. The molecule has 14 heteroatoms. The predicted molar refractivity (Wildman–Crippen MR) is 73.1 cm³/mol. The molecule has 0 amide bonds. The van der Waals surface area contributed by atoms with Crippen LogP contribution in [0.4, 0.5) is 0 Å². The molecule has 0 aromatic heterocycles. The van der Waals surface area contributed by atoms with E-state index < -0.39 is 50.1 Å². The van der Waals surface area contributed by atoms with Crippen molar-refractivity contribution in [2.45, 2.75) is 0 Å². The first-order valence-corrected chi connectivity index (χ1v) is 6.58. The average molecular weight is 424 g/mol. The summed E-state index contributed by atoms with van der Waals surface area (Å²) in [6.45, 7) is -2.74. The van der Waals surface area contributed by atoms with Crippen molar-refractivity contribution < 1.29 is 66.9 Å². The van der Waals surface area contributed by atoms with E-state index in [4.69, 9.17) is 10.2 Å². The fourth-order valence-corrected chi connectivity index (χ4v) is 1.44. The summed E-state index contributed by atoms with van der Waals surface area (Å²) in [5.41, 5.74) is 0. The summed E-state index contributed by atoms with van der Waals surface area (Å²) in [5.74, 6) is -5.54. The van der Waals surface area contributed by atoms with E-state index in [9.17, 15) is 39.6 Å². The van der Waals surface area contributed by atoms with E-state index in [2.05, 4.69) is 0 Å². The van der Waals surface area contributed by atoms with Crippen LogP contribution in [0.3, 0.4) is 0 Å². The van der Waals surface area contributed by atoms with Gasteiger partial charge in [-0.15, -0.1) is 0 Å². The third-order valence-corrected chi connectivity index (χ3v) is 2.24. The van der Waals surface area contributed by atoms with E-state index in [1.54, 1.807) is 0 Å². The van der Waals surface area contributed by atoms with Crippen LogP contribution >= 0.6 is 0 Å². The maximum atomic E-state index is 10.0. The first-order chi connectivity index (χ1) is 11.1. The Bertz CT molecular complexity index is 354. The second kappa shape index (κ2) is 19.5. The molecule has 153 valence electrons. The maximum Gasteiger partial charge on any atom is 3.00 e. The fraction of sp³-hybridized carbons (Fsp3) is 0.667.